The molecule has 2 aromatic heterocycles. The lowest BCUT2D eigenvalue weighted by Crippen LogP contribution is -2.27. The summed E-state index contributed by atoms with van der Waals surface area (Å²) < 4.78 is 12.7. The molecule has 2 N–H and O–H groups in total. The molecule has 2 aromatic carbocycles. The number of nitro benzene ring substituents is 1. The van der Waals surface area contributed by atoms with E-state index in [1.165, 1.54) is 22.8 Å². The van der Waals surface area contributed by atoms with E-state index in [9.17, 15) is 14.9 Å². The predicted molar refractivity (Wildman–Crippen MR) is 108 cm³/mol. The lowest BCUT2D eigenvalue weighted by atomic mass is 10.2. The number of oxazole rings is 1. The zero-order valence-corrected chi connectivity index (χ0v) is 16.0. The second kappa shape index (κ2) is 6.33. The number of nitrogens with zero attached hydrogens (tertiary/aromatic N) is 3. The summed E-state index contributed by atoms with van der Waals surface area (Å²) in [6.07, 6.45) is -0.597. The monoisotopic (exact) mass is 394 g/mol. The molecule has 4 rings (SSSR count). The number of hydrogen-bond donors (Lipinski definition) is 1. The number of nitrogen functional groups attached to an aromatic ring is 1. The molecule has 4 aromatic rings. The van der Waals surface area contributed by atoms with Crippen LogP contribution in [0.25, 0.3) is 33.6 Å². The Morgan fingerprint density at radius 2 is 1.97 bits per heavy atom. The average Bonchev–Trinajstić information content (AvgIpc) is 3.19. The topological polar surface area (TPSA) is 126 Å². The molecule has 0 amide bonds. The summed E-state index contributed by atoms with van der Waals surface area (Å²) >= 11 is 0. The van der Waals surface area contributed by atoms with Crippen molar-refractivity contribution in [2.24, 2.45) is 0 Å². The van der Waals surface area contributed by atoms with Crippen molar-refractivity contribution < 1.29 is 18.9 Å². The van der Waals surface area contributed by atoms with Gasteiger partial charge in [0.2, 0.25) is 5.89 Å². The summed E-state index contributed by atoms with van der Waals surface area (Å²) in [7, 11) is 0. The van der Waals surface area contributed by atoms with Gasteiger partial charge in [0, 0.05) is 23.2 Å². The van der Waals surface area contributed by atoms with Gasteiger partial charge < -0.3 is 14.9 Å². The van der Waals surface area contributed by atoms with Crippen LogP contribution in [-0.4, -0.2) is 26.2 Å². The largest absolute Gasteiger partial charge is 0.443 e. The number of ether oxygens (including phenoxy) is 1. The van der Waals surface area contributed by atoms with Crippen LogP contribution in [0, 0.1) is 10.1 Å². The zero-order chi connectivity index (χ0) is 20.9. The van der Waals surface area contributed by atoms with E-state index < -0.39 is 16.6 Å². The third-order valence-corrected chi connectivity index (χ3v) is 4.20. The van der Waals surface area contributed by atoms with Gasteiger partial charge in [-0.2, -0.15) is 0 Å². The molecule has 0 saturated carbocycles. The summed E-state index contributed by atoms with van der Waals surface area (Å²) in [5.74, 6) is 0.140. The SMILES string of the molecule is CC(C)(C)OC(=O)n1c(-c2nc3cc([N+](=O)[O-])ccc3o2)cc2cc(N)ccc21. The van der Waals surface area contributed by atoms with Gasteiger partial charge in [-0.25, -0.2) is 14.3 Å². The molecule has 9 heteroatoms. The van der Waals surface area contributed by atoms with E-state index in [1.807, 2.05) is 0 Å². The van der Waals surface area contributed by atoms with Gasteiger partial charge in [0.15, 0.2) is 5.58 Å². The summed E-state index contributed by atoms with van der Waals surface area (Å²) in [5, 5.41) is 11.7. The minimum atomic E-state index is -0.708. The first-order valence-corrected chi connectivity index (χ1v) is 8.82. The Balaban J connectivity index is 1.92. The second-order valence-corrected chi connectivity index (χ2v) is 7.59. The Labute approximate surface area is 164 Å². The number of nitro groups is 1. The van der Waals surface area contributed by atoms with Crippen LogP contribution in [-0.2, 0) is 4.74 Å². The number of anilines is 1. The van der Waals surface area contributed by atoms with Crippen molar-refractivity contribution in [1.29, 1.82) is 0 Å². The third-order valence-electron chi connectivity index (χ3n) is 4.20. The van der Waals surface area contributed by atoms with Crippen LogP contribution in [0.5, 0.6) is 0 Å². The molecule has 0 aliphatic heterocycles. The minimum Gasteiger partial charge on any atom is -0.443 e. The smallest absolute Gasteiger partial charge is 0.419 e. The number of nitrogens with two attached hydrogens (primary N) is 1. The second-order valence-electron chi connectivity index (χ2n) is 7.59. The van der Waals surface area contributed by atoms with Gasteiger partial charge in [0.25, 0.3) is 5.69 Å². The van der Waals surface area contributed by atoms with Gasteiger partial charge in [-0.1, -0.05) is 0 Å². The Bertz CT molecular complexity index is 1280. The molecule has 0 saturated heterocycles. The molecular weight excluding hydrogens is 376 g/mol. The minimum absolute atomic E-state index is 0.0993. The predicted octanol–water partition coefficient (Wildman–Crippen LogP) is 4.72. The number of carbonyl (C=O) groups is 1. The van der Waals surface area contributed by atoms with E-state index in [-0.39, 0.29) is 11.6 Å². The summed E-state index contributed by atoms with van der Waals surface area (Å²) in [6, 6.07) is 11.0. The Kier molecular flexibility index (Phi) is 4.04. The number of rotatable bonds is 2. The van der Waals surface area contributed by atoms with Gasteiger partial charge in [0.1, 0.15) is 16.8 Å². The van der Waals surface area contributed by atoms with E-state index in [1.54, 1.807) is 45.0 Å². The lowest BCUT2D eigenvalue weighted by Gasteiger charge is -2.20. The number of fused-ring (bicyclic) bond motifs is 2. The van der Waals surface area contributed by atoms with Crippen molar-refractivity contribution in [3.63, 3.8) is 0 Å². The highest BCUT2D eigenvalue weighted by Gasteiger charge is 2.25. The van der Waals surface area contributed by atoms with E-state index >= 15 is 0 Å². The van der Waals surface area contributed by atoms with Crippen LogP contribution < -0.4 is 5.73 Å². The van der Waals surface area contributed by atoms with Crippen molar-refractivity contribution in [1.82, 2.24) is 9.55 Å². The van der Waals surface area contributed by atoms with E-state index in [0.717, 1.165) is 0 Å². The van der Waals surface area contributed by atoms with Gasteiger partial charge >= 0.3 is 6.09 Å². The maximum atomic E-state index is 12.9. The van der Waals surface area contributed by atoms with Crippen LogP contribution in [0.4, 0.5) is 16.2 Å². The molecule has 0 aliphatic carbocycles. The quantitative estimate of drug-likeness (QED) is 0.296. The fourth-order valence-corrected chi connectivity index (χ4v) is 3.03. The molecule has 0 aliphatic rings. The number of aromatic nitrogens is 2. The highest BCUT2D eigenvalue weighted by atomic mass is 16.6. The van der Waals surface area contributed by atoms with Crippen LogP contribution in [0.1, 0.15) is 20.8 Å². The van der Waals surface area contributed by atoms with Gasteiger partial charge in [0.05, 0.1) is 10.4 Å². The Morgan fingerprint density at radius 1 is 1.21 bits per heavy atom. The summed E-state index contributed by atoms with van der Waals surface area (Å²) in [6.45, 7) is 5.31. The lowest BCUT2D eigenvalue weighted by molar-refractivity contribution is -0.384. The van der Waals surface area contributed by atoms with Crippen molar-refractivity contribution >= 4 is 39.5 Å². The van der Waals surface area contributed by atoms with Crippen molar-refractivity contribution in [2.75, 3.05) is 5.73 Å². The Morgan fingerprint density at radius 3 is 2.66 bits per heavy atom. The molecule has 2 heterocycles. The van der Waals surface area contributed by atoms with Crippen molar-refractivity contribution in [2.45, 2.75) is 26.4 Å². The fourth-order valence-electron chi connectivity index (χ4n) is 3.03. The first kappa shape index (κ1) is 18.5. The number of carbonyl (C=O) groups excluding carboxylic acids is 1. The van der Waals surface area contributed by atoms with Crippen LogP contribution in [0.2, 0.25) is 0 Å². The van der Waals surface area contributed by atoms with Gasteiger partial charge in [-0.15, -0.1) is 0 Å². The molecule has 9 nitrogen and oxygen atoms in total. The maximum absolute atomic E-state index is 12.9. The van der Waals surface area contributed by atoms with E-state index in [4.69, 9.17) is 14.9 Å². The summed E-state index contributed by atoms with van der Waals surface area (Å²) in [5.41, 5.74) is 7.23. The van der Waals surface area contributed by atoms with Gasteiger partial charge in [-0.05, 0) is 51.1 Å². The zero-order valence-electron chi connectivity index (χ0n) is 16.0. The van der Waals surface area contributed by atoms with Crippen LogP contribution >= 0.6 is 0 Å². The van der Waals surface area contributed by atoms with E-state index in [2.05, 4.69) is 4.98 Å². The fraction of sp³-hybridized carbons (Fsp3) is 0.200. The first-order valence-electron chi connectivity index (χ1n) is 8.82. The molecule has 29 heavy (non-hydrogen) atoms. The van der Waals surface area contributed by atoms with Gasteiger partial charge in [-0.3, -0.25) is 10.1 Å². The van der Waals surface area contributed by atoms with Crippen molar-refractivity contribution in [3.05, 3.63) is 52.6 Å². The third kappa shape index (κ3) is 3.38. The molecule has 0 atom stereocenters. The van der Waals surface area contributed by atoms with E-state index in [0.29, 0.717) is 33.4 Å². The Hall–Kier alpha value is -3.88. The first-order chi connectivity index (χ1) is 13.6. The molecule has 0 bridgehead atoms. The van der Waals surface area contributed by atoms with Crippen molar-refractivity contribution in [3.8, 4) is 11.6 Å². The molecular formula is C20H18N4O5. The number of non-ortho nitro benzene ring substituents is 1. The molecule has 0 radical (unpaired) electrons. The van der Waals surface area contributed by atoms with Crippen LogP contribution in [0.15, 0.2) is 46.9 Å². The highest BCUT2D eigenvalue weighted by molar-refractivity contribution is 5.97. The maximum Gasteiger partial charge on any atom is 0.419 e. The molecule has 0 unspecified atom stereocenters. The standard InChI is InChI=1S/C20H18N4O5/c1-20(2,3)29-19(25)23-15-6-4-12(21)8-11(15)9-16(23)18-22-14-10-13(24(26)27)5-7-17(14)28-18/h4-10H,21H2,1-3H3. The molecule has 148 valence electrons. The molecule has 0 spiro atoms. The number of hydrogen-bond acceptors (Lipinski definition) is 7. The van der Waals surface area contributed by atoms with Crippen LogP contribution in [0.3, 0.4) is 0 Å². The summed E-state index contributed by atoms with van der Waals surface area (Å²) in [4.78, 5) is 27.8. The highest BCUT2D eigenvalue weighted by Crippen LogP contribution is 2.32. The number of benzene rings is 2. The normalized spacial score (nSPS) is 11.8. The average molecular weight is 394 g/mol. The molecule has 0 fully saturated rings.